The molecule has 0 saturated heterocycles. The van der Waals surface area contributed by atoms with Gasteiger partial charge in [0.15, 0.2) is 17.8 Å². The smallest absolute Gasteiger partial charge is 0.181 e. The summed E-state index contributed by atoms with van der Waals surface area (Å²) < 4.78 is 10.6. The van der Waals surface area contributed by atoms with Gasteiger partial charge in [-0.15, -0.1) is 0 Å². The van der Waals surface area contributed by atoms with E-state index in [1.54, 1.807) is 19.2 Å². The molecule has 1 rings (SSSR count). The van der Waals surface area contributed by atoms with Crippen LogP contribution in [0.15, 0.2) is 17.1 Å². The van der Waals surface area contributed by atoms with Crippen molar-refractivity contribution < 1.29 is 13.7 Å². The Bertz CT molecular complexity index is 447. The molecule has 0 aliphatic rings. The van der Waals surface area contributed by atoms with E-state index in [0.717, 1.165) is 25.5 Å². The van der Waals surface area contributed by atoms with Crippen molar-refractivity contribution in [3.05, 3.63) is 17.7 Å². The van der Waals surface area contributed by atoms with Gasteiger partial charge >= 0.3 is 0 Å². The molecule has 1 aromatic rings. The van der Waals surface area contributed by atoms with E-state index in [2.05, 4.69) is 11.9 Å². The largest absolute Gasteiger partial charge is 0.493 e. The normalized spacial score (nSPS) is 10.7. The molecule has 1 aromatic carbocycles. The summed E-state index contributed by atoms with van der Waals surface area (Å²) in [6.07, 6.45) is 7.54. The van der Waals surface area contributed by atoms with Crippen LogP contribution in [0.25, 0.3) is 0 Å². The lowest BCUT2D eigenvalue weighted by molar-refractivity contribution is 0.112. The van der Waals surface area contributed by atoms with E-state index in [-0.39, 0.29) is 0 Å². The van der Waals surface area contributed by atoms with Crippen LogP contribution in [0.1, 0.15) is 36.5 Å². The summed E-state index contributed by atoms with van der Waals surface area (Å²) in [5, 5.41) is 0. The van der Waals surface area contributed by atoms with Crippen molar-refractivity contribution in [2.24, 2.45) is 4.99 Å². The average molecular weight is 281 g/mol. The van der Waals surface area contributed by atoms with Crippen molar-refractivity contribution in [3.8, 4) is 11.5 Å². The number of unbranched alkanes of at least 4 members (excludes halogenated alkanes) is 2. The zero-order valence-electron chi connectivity index (χ0n) is 11.5. The Balaban J connectivity index is 3.03. The predicted molar refractivity (Wildman–Crippen MR) is 80.2 cm³/mol. The monoisotopic (exact) mass is 281 g/mol. The number of hydrogen-bond donors (Lipinski definition) is 0. The topological polar surface area (TPSA) is 47.9 Å². The molecule has 104 valence electrons. The van der Waals surface area contributed by atoms with Gasteiger partial charge in [-0.1, -0.05) is 13.3 Å². The van der Waals surface area contributed by atoms with Crippen LogP contribution >= 0.6 is 12.0 Å². The fraction of sp³-hybridized carbons (Fsp3) is 0.429. The average Bonchev–Trinajstić information content (AvgIpc) is 2.44. The van der Waals surface area contributed by atoms with Crippen LogP contribution in [-0.2, 0) is 0 Å². The molecule has 0 amide bonds. The van der Waals surface area contributed by atoms with Gasteiger partial charge in [-0.25, -0.2) is 0 Å². The number of carbonyl (C=O) groups is 1. The highest BCUT2D eigenvalue weighted by Crippen LogP contribution is 2.35. The van der Waals surface area contributed by atoms with E-state index in [0.29, 0.717) is 22.7 Å². The highest BCUT2D eigenvalue weighted by molar-refractivity contribution is 7.94. The number of methoxy groups -OCH3 is 1. The number of aldehydes is 1. The first-order valence-corrected chi connectivity index (χ1v) is 7.32. The Morgan fingerprint density at radius 2 is 2.16 bits per heavy atom. The van der Waals surface area contributed by atoms with Crippen LogP contribution in [0.5, 0.6) is 11.5 Å². The van der Waals surface area contributed by atoms with Gasteiger partial charge in [0.25, 0.3) is 0 Å². The number of hydrogen-bond acceptors (Lipinski definition) is 5. The Labute approximate surface area is 118 Å². The highest BCUT2D eigenvalue weighted by atomic mass is 32.2. The molecule has 0 aliphatic heterocycles. The Hall–Kier alpha value is -1.49. The third kappa shape index (κ3) is 4.59. The van der Waals surface area contributed by atoms with Gasteiger partial charge in [0, 0.05) is 24.1 Å². The second-order valence-corrected chi connectivity index (χ2v) is 4.38. The molecule has 0 aliphatic carbocycles. The van der Waals surface area contributed by atoms with Crippen LogP contribution in [0.2, 0.25) is 0 Å². The second-order valence-electron chi connectivity index (χ2n) is 3.88. The maximum Gasteiger partial charge on any atom is 0.181 e. The minimum absolute atomic E-state index is 0.498. The number of aliphatic imine (C=N–C) groups is 1. The van der Waals surface area contributed by atoms with Crippen LogP contribution in [-0.4, -0.2) is 25.9 Å². The second kappa shape index (κ2) is 8.58. The molecule has 0 N–H and O–H groups in total. The van der Waals surface area contributed by atoms with E-state index < -0.39 is 0 Å². The Kier molecular flexibility index (Phi) is 7.03. The quantitative estimate of drug-likeness (QED) is 0.312. The van der Waals surface area contributed by atoms with Crippen molar-refractivity contribution in [2.45, 2.75) is 26.2 Å². The molecular formula is C14H19NO3S. The van der Waals surface area contributed by atoms with Gasteiger partial charge in [-0.3, -0.25) is 9.79 Å². The molecule has 0 atom stereocenters. The molecule has 5 heteroatoms. The molecule has 0 radical (unpaired) electrons. The molecule has 0 aromatic heterocycles. The summed E-state index contributed by atoms with van der Waals surface area (Å²) >= 11 is 1.22. The van der Waals surface area contributed by atoms with E-state index in [1.165, 1.54) is 12.0 Å². The van der Waals surface area contributed by atoms with Crippen molar-refractivity contribution in [2.75, 3.05) is 13.4 Å². The maximum absolute atomic E-state index is 11.1. The van der Waals surface area contributed by atoms with Crippen LogP contribution < -0.4 is 8.92 Å². The summed E-state index contributed by atoms with van der Waals surface area (Å²) in [5.74, 6) is 1.10. The Morgan fingerprint density at radius 1 is 1.37 bits per heavy atom. The van der Waals surface area contributed by atoms with E-state index in [1.807, 2.05) is 12.5 Å². The predicted octanol–water partition coefficient (Wildman–Crippen LogP) is 4.06. The standard InChI is InChI=1S/C14H19NO3S/c1-4-5-6-7-15-12-9-14(18-19-3)13(17-2)8-11(12)10-16/h7-10H,4-6H2,1-3H3/b15-7-. The highest BCUT2D eigenvalue weighted by Gasteiger charge is 2.10. The van der Waals surface area contributed by atoms with Crippen LogP contribution in [0.4, 0.5) is 5.69 Å². The van der Waals surface area contributed by atoms with E-state index >= 15 is 0 Å². The van der Waals surface area contributed by atoms with Gasteiger partial charge in [-0.05, 0) is 18.9 Å². The molecule has 4 nitrogen and oxygen atoms in total. The fourth-order valence-electron chi connectivity index (χ4n) is 1.54. The SMILES string of the molecule is CCCC/C=N\c1cc(OSC)c(OC)cc1C=O. The summed E-state index contributed by atoms with van der Waals surface area (Å²) in [6.45, 7) is 2.13. The van der Waals surface area contributed by atoms with Gasteiger partial charge in [0.1, 0.15) is 0 Å². The number of ether oxygens (including phenoxy) is 1. The van der Waals surface area contributed by atoms with Crippen molar-refractivity contribution in [1.29, 1.82) is 0 Å². The molecule has 19 heavy (non-hydrogen) atoms. The zero-order chi connectivity index (χ0) is 14.1. The molecule has 0 bridgehead atoms. The summed E-state index contributed by atoms with van der Waals surface area (Å²) in [5.41, 5.74) is 1.11. The summed E-state index contributed by atoms with van der Waals surface area (Å²) in [6, 6.07) is 3.37. The first-order chi connectivity index (χ1) is 9.26. The minimum atomic E-state index is 0.498. The molecule has 0 saturated carbocycles. The van der Waals surface area contributed by atoms with E-state index in [9.17, 15) is 4.79 Å². The molecule has 0 unspecified atom stereocenters. The lowest BCUT2D eigenvalue weighted by Crippen LogP contribution is -1.92. The third-order valence-corrected chi connectivity index (χ3v) is 2.88. The van der Waals surface area contributed by atoms with E-state index in [4.69, 9.17) is 8.92 Å². The molecule has 0 spiro atoms. The fourth-order valence-corrected chi connectivity index (χ4v) is 1.85. The lowest BCUT2D eigenvalue weighted by Gasteiger charge is -2.10. The van der Waals surface area contributed by atoms with Gasteiger partial charge in [0.05, 0.1) is 24.8 Å². The lowest BCUT2D eigenvalue weighted by atomic mass is 10.1. The number of nitrogens with zero attached hydrogens (tertiary/aromatic N) is 1. The van der Waals surface area contributed by atoms with Crippen LogP contribution in [0.3, 0.4) is 0 Å². The minimum Gasteiger partial charge on any atom is -0.493 e. The first-order valence-electron chi connectivity index (χ1n) is 6.17. The van der Waals surface area contributed by atoms with Crippen molar-refractivity contribution >= 4 is 30.2 Å². The summed E-state index contributed by atoms with van der Waals surface area (Å²) in [4.78, 5) is 15.4. The first kappa shape index (κ1) is 15.6. The zero-order valence-corrected chi connectivity index (χ0v) is 12.3. The number of carbonyl (C=O) groups excluding carboxylic acids is 1. The number of rotatable bonds is 8. The maximum atomic E-state index is 11.1. The Morgan fingerprint density at radius 3 is 2.74 bits per heavy atom. The van der Waals surface area contributed by atoms with Crippen LogP contribution in [0, 0.1) is 0 Å². The van der Waals surface area contributed by atoms with Crippen molar-refractivity contribution in [1.82, 2.24) is 0 Å². The summed E-state index contributed by atoms with van der Waals surface area (Å²) in [7, 11) is 1.54. The van der Waals surface area contributed by atoms with Gasteiger partial charge in [-0.2, -0.15) is 0 Å². The van der Waals surface area contributed by atoms with Crippen molar-refractivity contribution in [3.63, 3.8) is 0 Å². The number of benzene rings is 1. The molecule has 0 heterocycles. The third-order valence-electron chi connectivity index (χ3n) is 2.53. The van der Waals surface area contributed by atoms with Gasteiger partial charge in [0.2, 0.25) is 0 Å². The molecular weight excluding hydrogens is 262 g/mol. The van der Waals surface area contributed by atoms with Gasteiger partial charge < -0.3 is 8.92 Å². The molecule has 0 fully saturated rings.